The maximum absolute atomic E-state index is 11.9. The number of aldehydes is 1. The van der Waals surface area contributed by atoms with Gasteiger partial charge in [-0.15, -0.1) is 0 Å². The van der Waals surface area contributed by atoms with Gasteiger partial charge in [0.05, 0.1) is 6.61 Å². The number of rotatable bonds is 3. The molecule has 10 heavy (non-hydrogen) atoms. The summed E-state index contributed by atoms with van der Waals surface area (Å²) in [5.74, 6) is -5.79. The van der Waals surface area contributed by atoms with E-state index < -0.39 is 18.2 Å². The van der Waals surface area contributed by atoms with Gasteiger partial charge in [0.2, 0.25) is 6.29 Å². The van der Waals surface area contributed by atoms with Crippen molar-refractivity contribution in [3.8, 4) is 0 Å². The van der Waals surface area contributed by atoms with Crippen molar-refractivity contribution in [2.24, 2.45) is 0 Å². The Hall–Kier alpha value is -1.00. The second-order valence-corrected chi connectivity index (χ2v) is 1.46. The lowest BCUT2D eigenvalue weighted by Gasteiger charge is -2.05. The fourth-order valence-electron chi connectivity index (χ4n) is 0.275. The van der Waals surface area contributed by atoms with Gasteiger partial charge in [0, 0.05) is 0 Å². The summed E-state index contributed by atoms with van der Waals surface area (Å²) in [7, 11) is 0. The molecule has 0 bridgehead atoms. The Morgan fingerprint density at radius 1 is 1.70 bits per heavy atom. The highest BCUT2D eigenvalue weighted by atomic mass is 19.3. The van der Waals surface area contributed by atoms with Crippen LogP contribution in [0.25, 0.3) is 0 Å². The van der Waals surface area contributed by atoms with Gasteiger partial charge in [-0.05, 0) is 6.92 Å². The van der Waals surface area contributed by atoms with E-state index in [1.54, 1.807) is 0 Å². The van der Waals surface area contributed by atoms with Crippen molar-refractivity contribution in [2.75, 3.05) is 6.61 Å². The molecule has 5 heteroatoms. The number of hydrogen-bond acceptors (Lipinski definition) is 3. The van der Waals surface area contributed by atoms with Crippen LogP contribution < -0.4 is 0 Å². The van der Waals surface area contributed by atoms with Gasteiger partial charge in [-0.3, -0.25) is 4.79 Å². The largest absolute Gasteiger partial charge is 0.461 e. The highest BCUT2D eigenvalue weighted by molar-refractivity contribution is 5.94. The van der Waals surface area contributed by atoms with Gasteiger partial charge in [-0.1, -0.05) is 0 Å². The molecule has 0 heterocycles. The Morgan fingerprint density at radius 2 is 2.20 bits per heavy atom. The molecule has 0 amide bonds. The van der Waals surface area contributed by atoms with Gasteiger partial charge in [0.1, 0.15) is 0 Å². The molecule has 0 aromatic carbocycles. The van der Waals surface area contributed by atoms with Gasteiger partial charge >= 0.3 is 11.9 Å². The lowest BCUT2D eigenvalue weighted by atomic mass is 10.4. The molecule has 0 fully saturated rings. The first-order valence-corrected chi connectivity index (χ1v) is 2.56. The third kappa shape index (κ3) is 2.08. The summed E-state index contributed by atoms with van der Waals surface area (Å²) in [5, 5.41) is 0. The standard InChI is InChI=1S/C5H6F2O3/c1-2-10-4(9)5(6,7)3-8/h3H,2H2,1H3. The van der Waals surface area contributed by atoms with Crippen LogP contribution in [-0.4, -0.2) is 24.8 Å². The highest BCUT2D eigenvalue weighted by Crippen LogP contribution is 2.10. The molecule has 0 rings (SSSR count). The molecule has 0 N–H and O–H groups in total. The molecule has 0 saturated carbocycles. The minimum absolute atomic E-state index is 0.164. The van der Waals surface area contributed by atoms with Gasteiger partial charge in [-0.25, -0.2) is 4.79 Å². The Kier molecular flexibility index (Phi) is 2.92. The average Bonchev–Trinajstić information content (AvgIpc) is 1.89. The van der Waals surface area contributed by atoms with Gasteiger partial charge in [0.15, 0.2) is 0 Å². The first-order chi connectivity index (χ1) is 4.54. The molecule has 0 unspecified atom stereocenters. The van der Waals surface area contributed by atoms with E-state index in [1.165, 1.54) is 6.92 Å². The first kappa shape index (κ1) is 9.00. The lowest BCUT2D eigenvalue weighted by Crippen LogP contribution is -2.32. The van der Waals surface area contributed by atoms with Crippen molar-refractivity contribution in [1.82, 2.24) is 0 Å². The molecule has 3 nitrogen and oxygen atoms in total. The van der Waals surface area contributed by atoms with Crippen molar-refractivity contribution in [3.63, 3.8) is 0 Å². The fraction of sp³-hybridized carbons (Fsp3) is 0.600. The molecule has 0 aliphatic heterocycles. The van der Waals surface area contributed by atoms with E-state index in [1.807, 2.05) is 0 Å². The number of hydrogen-bond donors (Lipinski definition) is 0. The van der Waals surface area contributed by atoms with Gasteiger partial charge < -0.3 is 4.74 Å². The second-order valence-electron chi connectivity index (χ2n) is 1.46. The molecule has 0 aliphatic rings. The number of halogens is 2. The molecule has 0 atom stereocenters. The summed E-state index contributed by atoms with van der Waals surface area (Å²) >= 11 is 0. The number of carbonyl (C=O) groups excluding carboxylic acids is 2. The van der Waals surface area contributed by atoms with Crippen LogP contribution in [0.5, 0.6) is 0 Å². The molecule has 58 valence electrons. The lowest BCUT2D eigenvalue weighted by molar-refractivity contribution is -0.171. The van der Waals surface area contributed by atoms with Crippen molar-refractivity contribution >= 4 is 12.3 Å². The Balaban J connectivity index is 4.04. The summed E-state index contributed by atoms with van der Waals surface area (Å²) < 4.78 is 27.7. The van der Waals surface area contributed by atoms with Crippen LogP contribution in [0.3, 0.4) is 0 Å². The summed E-state index contributed by atoms with van der Waals surface area (Å²) in [6.45, 7) is 1.21. The van der Waals surface area contributed by atoms with Crippen LogP contribution in [0.1, 0.15) is 6.92 Å². The fourth-order valence-corrected chi connectivity index (χ4v) is 0.275. The Bertz CT molecular complexity index is 144. The van der Waals surface area contributed by atoms with E-state index >= 15 is 0 Å². The van der Waals surface area contributed by atoms with Crippen molar-refractivity contribution < 1.29 is 23.1 Å². The molecular weight excluding hydrogens is 146 g/mol. The zero-order valence-electron chi connectivity index (χ0n) is 5.27. The van der Waals surface area contributed by atoms with Crippen LogP contribution >= 0.6 is 0 Å². The smallest absolute Gasteiger partial charge is 0.396 e. The van der Waals surface area contributed by atoms with E-state index in [0.717, 1.165) is 0 Å². The predicted molar refractivity (Wildman–Crippen MR) is 27.6 cm³/mol. The monoisotopic (exact) mass is 152 g/mol. The van der Waals surface area contributed by atoms with Gasteiger partial charge in [0.25, 0.3) is 0 Å². The molecular formula is C5H6F2O3. The SMILES string of the molecule is CCOC(=O)C(F)(F)C=O. The zero-order valence-corrected chi connectivity index (χ0v) is 5.27. The second kappa shape index (κ2) is 3.24. The van der Waals surface area contributed by atoms with Crippen molar-refractivity contribution in [3.05, 3.63) is 0 Å². The third-order valence-corrected chi connectivity index (χ3v) is 0.696. The van der Waals surface area contributed by atoms with Crippen LogP contribution in [0.15, 0.2) is 0 Å². The van der Waals surface area contributed by atoms with E-state index in [2.05, 4.69) is 4.74 Å². The minimum Gasteiger partial charge on any atom is -0.461 e. The summed E-state index contributed by atoms with van der Waals surface area (Å²) in [4.78, 5) is 19.6. The minimum atomic E-state index is -3.99. The van der Waals surface area contributed by atoms with Crippen LogP contribution in [-0.2, 0) is 14.3 Å². The number of alkyl halides is 2. The molecule has 0 aromatic rings. The summed E-state index contributed by atoms with van der Waals surface area (Å²) in [6, 6.07) is 0. The predicted octanol–water partition coefficient (Wildman–Crippen LogP) is 0.384. The van der Waals surface area contributed by atoms with Crippen LogP contribution in [0, 0.1) is 0 Å². The maximum Gasteiger partial charge on any atom is 0.396 e. The molecule has 0 aromatic heterocycles. The third-order valence-electron chi connectivity index (χ3n) is 0.696. The number of esters is 1. The number of carbonyl (C=O) groups is 2. The molecule has 0 saturated heterocycles. The first-order valence-electron chi connectivity index (χ1n) is 2.56. The molecule has 0 aliphatic carbocycles. The summed E-state index contributed by atoms with van der Waals surface area (Å²) in [5.41, 5.74) is 0. The van der Waals surface area contributed by atoms with Crippen molar-refractivity contribution in [1.29, 1.82) is 0 Å². The summed E-state index contributed by atoms with van der Waals surface area (Å²) in [6.07, 6.45) is -0.745. The van der Waals surface area contributed by atoms with E-state index in [9.17, 15) is 18.4 Å². The van der Waals surface area contributed by atoms with E-state index in [0.29, 0.717) is 0 Å². The van der Waals surface area contributed by atoms with Gasteiger partial charge in [-0.2, -0.15) is 8.78 Å². The van der Waals surface area contributed by atoms with Crippen molar-refractivity contribution in [2.45, 2.75) is 12.8 Å². The Labute approximate surface area is 56.0 Å². The topological polar surface area (TPSA) is 43.4 Å². The van der Waals surface area contributed by atoms with E-state index in [4.69, 9.17) is 0 Å². The zero-order chi connectivity index (χ0) is 8.20. The normalized spacial score (nSPS) is 10.7. The quantitative estimate of drug-likeness (QED) is 0.333. The average molecular weight is 152 g/mol. The number of ether oxygens (including phenoxy) is 1. The van der Waals surface area contributed by atoms with E-state index in [-0.39, 0.29) is 6.61 Å². The van der Waals surface area contributed by atoms with Crippen LogP contribution in [0.4, 0.5) is 8.78 Å². The molecule has 0 spiro atoms. The van der Waals surface area contributed by atoms with Crippen LogP contribution in [0.2, 0.25) is 0 Å². The Morgan fingerprint density at radius 3 is 2.50 bits per heavy atom. The highest BCUT2D eigenvalue weighted by Gasteiger charge is 2.40. The maximum atomic E-state index is 11.9. The molecule has 0 radical (unpaired) electrons.